The molecule has 1 saturated heterocycles. The number of aromatic nitrogens is 1. The van der Waals surface area contributed by atoms with Crippen molar-refractivity contribution in [1.29, 1.82) is 0 Å². The third kappa shape index (κ3) is 3.50. The average molecular weight is 318 g/mol. The Labute approximate surface area is 134 Å². The van der Waals surface area contributed by atoms with Crippen molar-refractivity contribution in [3.63, 3.8) is 0 Å². The summed E-state index contributed by atoms with van der Waals surface area (Å²) in [6, 6.07) is 8.47. The maximum absolute atomic E-state index is 11.9. The highest BCUT2D eigenvalue weighted by atomic mass is 32.1. The Hall–Kier alpha value is -1.82. The van der Waals surface area contributed by atoms with Gasteiger partial charge in [-0.15, -0.1) is 0 Å². The molecule has 2 amide bonds. The van der Waals surface area contributed by atoms with E-state index in [0.717, 1.165) is 36.6 Å². The molecule has 3 rings (SSSR count). The molecule has 0 saturated carbocycles. The van der Waals surface area contributed by atoms with Crippen molar-refractivity contribution in [2.45, 2.75) is 38.8 Å². The zero-order valence-electron chi connectivity index (χ0n) is 13.0. The van der Waals surface area contributed by atoms with E-state index in [1.807, 2.05) is 32.0 Å². The van der Waals surface area contributed by atoms with Gasteiger partial charge in [-0.3, -0.25) is 0 Å². The SMILES string of the molecule is CC(C)NC(=O)N[C@H]1CCCN(c2nc3ccccc3s2)C1. The van der Waals surface area contributed by atoms with Crippen LogP contribution in [0.15, 0.2) is 24.3 Å². The summed E-state index contributed by atoms with van der Waals surface area (Å²) >= 11 is 1.72. The van der Waals surface area contributed by atoms with Crippen LogP contribution in [0.1, 0.15) is 26.7 Å². The summed E-state index contributed by atoms with van der Waals surface area (Å²) < 4.78 is 1.21. The van der Waals surface area contributed by atoms with E-state index in [4.69, 9.17) is 4.98 Å². The molecule has 2 aromatic rings. The molecular formula is C16H22N4OS. The number of nitrogens with zero attached hydrogens (tertiary/aromatic N) is 2. The number of hydrogen-bond donors (Lipinski definition) is 2. The van der Waals surface area contributed by atoms with E-state index >= 15 is 0 Å². The van der Waals surface area contributed by atoms with Gasteiger partial charge in [0.1, 0.15) is 0 Å². The summed E-state index contributed by atoms with van der Waals surface area (Å²) in [7, 11) is 0. The molecule has 2 heterocycles. The van der Waals surface area contributed by atoms with E-state index in [0.29, 0.717) is 0 Å². The van der Waals surface area contributed by atoms with E-state index in [1.165, 1.54) is 4.70 Å². The molecule has 2 N–H and O–H groups in total. The van der Waals surface area contributed by atoms with Crippen LogP contribution in [0.25, 0.3) is 10.2 Å². The molecule has 0 radical (unpaired) electrons. The molecule has 0 bridgehead atoms. The van der Waals surface area contributed by atoms with Gasteiger partial charge in [-0.25, -0.2) is 9.78 Å². The molecule has 1 aromatic carbocycles. The van der Waals surface area contributed by atoms with Gasteiger partial charge in [-0.1, -0.05) is 23.5 Å². The second-order valence-corrected chi connectivity index (χ2v) is 7.03. The van der Waals surface area contributed by atoms with E-state index in [1.54, 1.807) is 11.3 Å². The number of carbonyl (C=O) groups is 1. The smallest absolute Gasteiger partial charge is 0.315 e. The van der Waals surface area contributed by atoms with E-state index < -0.39 is 0 Å². The van der Waals surface area contributed by atoms with Crippen molar-refractivity contribution in [3.8, 4) is 0 Å². The predicted octanol–water partition coefficient (Wildman–Crippen LogP) is 2.97. The van der Waals surface area contributed by atoms with Crippen LogP contribution in [0.5, 0.6) is 0 Å². The Morgan fingerprint density at radius 1 is 1.41 bits per heavy atom. The number of rotatable bonds is 3. The van der Waals surface area contributed by atoms with Crippen molar-refractivity contribution in [3.05, 3.63) is 24.3 Å². The first kappa shape index (κ1) is 15.1. The van der Waals surface area contributed by atoms with Gasteiger partial charge < -0.3 is 15.5 Å². The van der Waals surface area contributed by atoms with Crippen molar-refractivity contribution in [1.82, 2.24) is 15.6 Å². The fourth-order valence-electron chi connectivity index (χ4n) is 2.75. The number of amides is 2. The van der Waals surface area contributed by atoms with Crippen molar-refractivity contribution < 1.29 is 4.79 Å². The number of hydrogen-bond acceptors (Lipinski definition) is 4. The zero-order valence-corrected chi connectivity index (χ0v) is 13.8. The Kier molecular flexibility index (Phi) is 4.47. The molecule has 1 atom stereocenters. The molecule has 1 aromatic heterocycles. The van der Waals surface area contributed by atoms with Gasteiger partial charge in [0.05, 0.1) is 10.2 Å². The summed E-state index contributed by atoms with van der Waals surface area (Å²) in [4.78, 5) is 18.9. The van der Waals surface area contributed by atoms with E-state index in [-0.39, 0.29) is 18.1 Å². The Balaban J connectivity index is 1.66. The molecular weight excluding hydrogens is 296 g/mol. The molecule has 0 spiro atoms. The highest BCUT2D eigenvalue weighted by molar-refractivity contribution is 7.22. The lowest BCUT2D eigenvalue weighted by atomic mass is 10.1. The third-order valence-electron chi connectivity index (χ3n) is 3.73. The van der Waals surface area contributed by atoms with E-state index in [2.05, 4.69) is 21.6 Å². The Morgan fingerprint density at radius 2 is 2.23 bits per heavy atom. The molecule has 1 aliphatic heterocycles. The van der Waals surface area contributed by atoms with Gasteiger partial charge >= 0.3 is 6.03 Å². The second kappa shape index (κ2) is 6.52. The van der Waals surface area contributed by atoms with Crippen molar-refractivity contribution >= 4 is 32.7 Å². The van der Waals surface area contributed by atoms with Crippen molar-refractivity contribution in [2.24, 2.45) is 0 Å². The van der Waals surface area contributed by atoms with Crippen molar-refractivity contribution in [2.75, 3.05) is 18.0 Å². The fourth-order valence-corrected chi connectivity index (χ4v) is 3.75. The monoisotopic (exact) mass is 318 g/mol. The summed E-state index contributed by atoms with van der Waals surface area (Å²) in [6.07, 6.45) is 2.09. The number of benzene rings is 1. The third-order valence-corrected chi connectivity index (χ3v) is 4.83. The van der Waals surface area contributed by atoms with Gasteiger partial charge in [-0.2, -0.15) is 0 Å². The number of carbonyl (C=O) groups excluding carboxylic acids is 1. The normalized spacial score (nSPS) is 18.7. The molecule has 1 aliphatic rings. The van der Waals surface area contributed by atoms with Crippen LogP contribution in [0, 0.1) is 0 Å². The Bertz CT molecular complexity index is 621. The molecule has 0 unspecified atom stereocenters. The molecule has 118 valence electrons. The molecule has 0 aliphatic carbocycles. The number of anilines is 1. The number of thiazole rings is 1. The lowest BCUT2D eigenvalue weighted by Crippen LogP contribution is -2.51. The highest BCUT2D eigenvalue weighted by Gasteiger charge is 2.23. The topological polar surface area (TPSA) is 57.3 Å². The zero-order chi connectivity index (χ0) is 15.5. The standard InChI is InChI=1S/C16H22N4OS/c1-11(2)17-15(21)18-12-6-5-9-20(10-12)16-19-13-7-3-4-8-14(13)22-16/h3-4,7-8,11-12H,5-6,9-10H2,1-2H3,(H2,17,18,21)/t12-/m0/s1. The van der Waals surface area contributed by atoms with Gasteiger partial charge in [0, 0.05) is 25.2 Å². The summed E-state index contributed by atoms with van der Waals surface area (Å²) in [5, 5.41) is 7.01. The first-order valence-electron chi connectivity index (χ1n) is 7.79. The fraction of sp³-hybridized carbons (Fsp3) is 0.500. The van der Waals surface area contributed by atoms with Crippen LogP contribution in [0.3, 0.4) is 0 Å². The van der Waals surface area contributed by atoms with Crippen LogP contribution in [0.4, 0.5) is 9.93 Å². The summed E-state index contributed by atoms with van der Waals surface area (Å²) in [5.41, 5.74) is 1.05. The van der Waals surface area contributed by atoms with Crippen LogP contribution in [-0.4, -0.2) is 36.2 Å². The first-order valence-corrected chi connectivity index (χ1v) is 8.61. The van der Waals surface area contributed by atoms with Gasteiger partial charge in [-0.05, 0) is 38.8 Å². The number of nitrogens with one attached hydrogen (secondary N) is 2. The number of fused-ring (bicyclic) bond motifs is 1. The largest absolute Gasteiger partial charge is 0.346 e. The maximum atomic E-state index is 11.9. The van der Waals surface area contributed by atoms with Crippen LogP contribution in [-0.2, 0) is 0 Å². The maximum Gasteiger partial charge on any atom is 0.315 e. The number of para-hydroxylation sites is 1. The number of urea groups is 1. The lowest BCUT2D eigenvalue weighted by Gasteiger charge is -2.33. The minimum Gasteiger partial charge on any atom is -0.346 e. The second-order valence-electron chi connectivity index (χ2n) is 6.02. The summed E-state index contributed by atoms with van der Waals surface area (Å²) in [5.74, 6) is 0. The minimum absolute atomic E-state index is 0.0776. The number of piperidine rings is 1. The molecule has 22 heavy (non-hydrogen) atoms. The van der Waals surface area contributed by atoms with Crippen LogP contribution in [0.2, 0.25) is 0 Å². The molecule has 6 heteroatoms. The van der Waals surface area contributed by atoms with Gasteiger partial charge in [0.2, 0.25) is 0 Å². The Morgan fingerprint density at radius 3 is 3.00 bits per heavy atom. The van der Waals surface area contributed by atoms with Crippen LogP contribution < -0.4 is 15.5 Å². The molecule has 1 fully saturated rings. The minimum atomic E-state index is -0.0776. The molecule has 5 nitrogen and oxygen atoms in total. The quantitative estimate of drug-likeness (QED) is 0.915. The average Bonchev–Trinajstić information content (AvgIpc) is 2.90. The highest BCUT2D eigenvalue weighted by Crippen LogP contribution is 2.30. The van der Waals surface area contributed by atoms with Gasteiger partial charge in [0.25, 0.3) is 0 Å². The first-order chi connectivity index (χ1) is 10.6. The van der Waals surface area contributed by atoms with Gasteiger partial charge in [0.15, 0.2) is 5.13 Å². The predicted molar refractivity (Wildman–Crippen MR) is 91.7 cm³/mol. The lowest BCUT2D eigenvalue weighted by molar-refractivity contribution is 0.232. The van der Waals surface area contributed by atoms with E-state index in [9.17, 15) is 4.79 Å². The summed E-state index contributed by atoms with van der Waals surface area (Å²) in [6.45, 7) is 5.76. The van der Waals surface area contributed by atoms with Crippen LogP contribution >= 0.6 is 11.3 Å².